The molecule has 2 aromatic rings. The Labute approximate surface area is 201 Å². The number of hydrogen-bond donors (Lipinski definition) is 2. The topological polar surface area (TPSA) is 52.6 Å². The standard InChI is InChI=1S/C23H33N5S.HI/c1-3-21-15-26-22(29-21)11-12-25-23(24-2)27-18-13-19-9-10-20(14-18)28(19)16-17-7-5-4-6-8-17;/h4-8,15,18-20H,3,9-14,16H2,1-2H3,(H2,24,25,27);1H. The fourth-order valence-corrected chi connectivity index (χ4v) is 5.61. The number of thiazole rings is 1. The maximum absolute atomic E-state index is 4.51. The summed E-state index contributed by atoms with van der Waals surface area (Å²) in [5.41, 5.74) is 1.43. The summed E-state index contributed by atoms with van der Waals surface area (Å²) in [6.07, 6.45) is 9.08. The molecule has 2 fully saturated rings. The minimum Gasteiger partial charge on any atom is -0.356 e. The molecule has 2 aliphatic rings. The number of benzene rings is 1. The first-order chi connectivity index (χ1) is 14.2. The highest BCUT2D eigenvalue weighted by Gasteiger charge is 2.40. The maximum atomic E-state index is 4.51. The molecule has 0 radical (unpaired) electrons. The Kier molecular flexibility index (Phi) is 8.95. The predicted molar refractivity (Wildman–Crippen MR) is 137 cm³/mol. The van der Waals surface area contributed by atoms with Gasteiger partial charge in [-0.25, -0.2) is 4.98 Å². The summed E-state index contributed by atoms with van der Waals surface area (Å²) in [5, 5.41) is 8.38. The maximum Gasteiger partial charge on any atom is 0.191 e. The molecule has 164 valence electrons. The van der Waals surface area contributed by atoms with Gasteiger partial charge < -0.3 is 10.6 Å². The van der Waals surface area contributed by atoms with E-state index >= 15 is 0 Å². The zero-order chi connectivity index (χ0) is 20.1. The van der Waals surface area contributed by atoms with Crippen molar-refractivity contribution in [2.24, 2.45) is 4.99 Å². The number of rotatable bonds is 7. The first kappa shape index (κ1) is 23.5. The van der Waals surface area contributed by atoms with Crippen LogP contribution in [0.5, 0.6) is 0 Å². The smallest absolute Gasteiger partial charge is 0.191 e. The second-order valence-corrected chi connectivity index (χ2v) is 9.38. The molecule has 4 rings (SSSR count). The van der Waals surface area contributed by atoms with Gasteiger partial charge in [-0.15, -0.1) is 35.3 Å². The lowest BCUT2D eigenvalue weighted by molar-refractivity contribution is 0.114. The van der Waals surface area contributed by atoms with E-state index in [0.29, 0.717) is 18.1 Å². The molecule has 2 atom stereocenters. The van der Waals surface area contributed by atoms with Gasteiger partial charge in [0.25, 0.3) is 0 Å². The number of nitrogens with zero attached hydrogens (tertiary/aromatic N) is 3. The van der Waals surface area contributed by atoms with Crippen LogP contribution in [-0.4, -0.2) is 47.6 Å². The van der Waals surface area contributed by atoms with Crippen molar-refractivity contribution in [2.75, 3.05) is 13.6 Å². The number of piperidine rings is 1. The third kappa shape index (κ3) is 5.95. The molecule has 7 heteroatoms. The van der Waals surface area contributed by atoms with Crippen LogP contribution in [0.2, 0.25) is 0 Å². The molecule has 2 saturated heterocycles. The summed E-state index contributed by atoms with van der Waals surface area (Å²) < 4.78 is 0. The van der Waals surface area contributed by atoms with Gasteiger partial charge in [0.1, 0.15) is 0 Å². The van der Waals surface area contributed by atoms with Gasteiger partial charge in [0.15, 0.2) is 5.96 Å². The lowest BCUT2D eigenvalue weighted by Crippen LogP contribution is -2.52. The summed E-state index contributed by atoms with van der Waals surface area (Å²) in [6.45, 7) is 4.14. The van der Waals surface area contributed by atoms with Crippen LogP contribution in [0.1, 0.15) is 48.1 Å². The largest absolute Gasteiger partial charge is 0.356 e. The zero-order valence-corrected chi connectivity index (χ0v) is 21.2. The lowest BCUT2D eigenvalue weighted by Gasteiger charge is -2.39. The van der Waals surface area contributed by atoms with Crippen molar-refractivity contribution in [3.05, 3.63) is 52.0 Å². The van der Waals surface area contributed by atoms with E-state index in [0.717, 1.165) is 31.9 Å². The second-order valence-electron chi connectivity index (χ2n) is 8.18. The number of hydrogen-bond acceptors (Lipinski definition) is 4. The number of nitrogens with one attached hydrogen (secondary N) is 2. The molecule has 2 aliphatic heterocycles. The van der Waals surface area contributed by atoms with Gasteiger partial charge >= 0.3 is 0 Å². The van der Waals surface area contributed by atoms with E-state index in [1.165, 1.54) is 41.1 Å². The van der Waals surface area contributed by atoms with Crippen LogP contribution in [0.3, 0.4) is 0 Å². The van der Waals surface area contributed by atoms with Crippen LogP contribution in [0.25, 0.3) is 0 Å². The van der Waals surface area contributed by atoms with Crippen molar-refractivity contribution in [1.29, 1.82) is 0 Å². The molecule has 0 spiro atoms. The Bertz CT molecular complexity index is 795. The van der Waals surface area contributed by atoms with Gasteiger partial charge in [-0.3, -0.25) is 9.89 Å². The molecule has 5 nitrogen and oxygen atoms in total. The van der Waals surface area contributed by atoms with Gasteiger partial charge in [0.2, 0.25) is 0 Å². The van der Waals surface area contributed by atoms with Crippen molar-refractivity contribution >= 4 is 41.3 Å². The Morgan fingerprint density at radius 2 is 1.93 bits per heavy atom. The van der Waals surface area contributed by atoms with Crippen LogP contribution < -0.4 is 10.6 Å². The van der Waals surface area contributed by atoms with Gasteiger partial charge in [-0.05, 0) is 37.7 Å². The van der Waals surface area contributed by atoms with E-state index in [-0.39, 0.29) is 24.0 Å². The molecule has 0 saturated carbocycles. The Hall–Kier alpha value is -1.19. The highest BCUT2D eigenvalue weighted by Crippen LogP contribution is 2.36. The fourth-order valence-electron chi connectivity index (χ4n) is 4.75. The highest BCUT2D eigenvalue weighted by molar-refractivity contribution is 14.0. The van der Waals surface area contributed by atoms with Crippen molar-refractivity contribution < 1.29 is 0 Å². The van der Waals surface area contributed by atoms with E-state index in [2.05, 4.69) is 62.8 Å². The average molecular weight is 540 g/mol. The van der Waals surface area contributed by atoms with Crippen LogP contribution in [0, 0.1) is 0 Å². The van der Waals surface area contributed by atoms with E-state index < -0.39 is 0 Å². The van der Waals surface area contributed by atoms with E-state index in [1.807, 2.05) is 24.6 Å². The number of aryl methyl sites for hydroxylation is 1. The lowest BCUT2D eigenvalue weighted by atomic mass is 9.96. The van der Waals surface area contributed by atoms with Gasteiger partial charge in [-0.2, -0.15) is 0 Å². The molecule has 1 aromatic carbocycles. The van der Waals surface area contributed by atoms with Gasteiger partial charge in [-0.1, -0.05) is 37.3 Å². The fraction of sp³-hybridized carbons (Fsp3) is 0.565. The first-order valence-electron chi connectivity index (χ1n) is 11.0. The molecule has 2 bridgehead atoms. The molecular formula is C23H34IN5S. The number of aromatic nitrogens is 1. The van der Waals surface area contributed by atoms with Gasteiger partial charge in [0, 0.05) is 55.8 Å². The Morgan fingerprint density at radius 3 is 2.57 bits per heavy atom. The molecule has 2 unspecified atom stereocenters. The summed E-state index contributed by atoms with van der Waals surface area (Å²) in [5.74, 6) is 0.929. The number of halogens is 1. The summed E-state index contributed by atoms with van der Waals surface area (Å²) in [4.78, 5) is 13.1. The SMILES string of the molecule is CCc1cnc(CCNC(=NC)NC2CC3CCC(C2)N3Cc2ccccc2)s1.I. The average Bonchev–Trinajstić information content (AvgIpc) is 3.29. The minimum absolute atomic E-state index is 0. The normalized spacial score (nSPS) is 23.8. The number of fused-ring (bicyclic) bond motifs is 2. The third-order valence-corrected chi connectivity index (χ3v) is 7.44. The summed E-state index contributed by atoms with van der Waals surface area (Å²) in [6, 6.07) is 12.8. The minimum atomic E-state index is 0. The number of guanidine groups is 1. The van der Waals surface area contributed by atoms with Crippen molar-refractivity contribution in [3.63, 3.8) is 0 Å². The monoisotopic (exact) mass is 539 g/mol. The summed E-state index contributed by atoms with van der Waals surface area (Å²) in [7, 11) is 1.87. The predicted octanol–water partition coefficient (Wildman–Crippen LogP) is 4.23. The highest BCUT2D eigenvalue weighted by atomic mass is 127. The Balaban J connectivity index is 0.00000256. The van der Waals surface area contributed by atoms with Crippen LogP contribution in [0.15, 0.2) is 41.5 Å². The van der Waals surface area contributed by atoms with Crippen LogP contribution in [0.4, 0.5) is 0 Å². The molecule has 3 heterocycles. The quantitative estimate of drug-likeness (QED) is 0.314. The molecule has 2 N–H and O–H groups in total. The van der Waals surface area contributed by atoms with Crippen molar-refractivity contribution in [1.82, 2.24) is 20.5 Å². The molecule has 0 aliphatic carbocycles. The molecule has 1 aromatic heterocycles. The van der Waals surface area contributed by atoms with E-state index in [9.17, 15) is 0 Å². The second kappa shape index (κ2) is 11.4. The van der Waals surface area contributed by atoms with E-state index in [1.54, 1.807) is 0 Å². The Morgan fingerprint density at radius 1 is 1.20 bits per heavy atom. The van der Waals surface area contributed by atoms with Crippen LogP contribution >= 0.6 is 35.3 Å². The third-order valence-electron chi connectivity index (χ3n) is 6.24. The molecule has 0 amide bonds. The molecular weight excluding hydrogens is 505 g/mol. The van der Waals surface area contributed by atoms with Crippen molar-refractivity contribution in [3.8, 4) is 0 Å². The van der Waals surface area contributed by atoms with Gasteiger partial charge in [0.05, 0.1) is 5.01 Å². The van der Waals surface area contributed by atoms with E-state index in [4.69, 9.17) is 0 Å². The summed E-state index contributed by atoms with van der Waals surface area (Å²) >= 11 is 1.82. The number of aliphatic imine (C=N–C) groups is 1. The molecule has 30 heavy (non-hydrogen) atoms. The zero-order valence-electron chi connectivity index (χ0n) is 18.0. The van der Waals surface area contributed by atoms with Crippen molar-refractivity contribution in [2.45, 2.75) is 70.1 Å². The first-order valence-corrected chi connectivity index (χ1v) is 11.8. The van der Waals surface area contributed by atoms with Crippen LogP contribution in [-0.2, 0) is 19.4 Å².